The summed E-state index contributed by atoms with van der Waals surface area (Å²) in [6, 6.07) is 5.61. The maximum Gasteiger partial charge on any atom is 0.253 e. The lowest BCUT2D eigenvalue weighted by molar-refractivity contribution is 0.0776. The molecule has 3 N–H and O–H groups in total. The van der Waals surface area contributed by atoms with Gasteiger partial charge in [-0.1, -0.05) is 20.8 Å². The molecular weight excluding hydrogens is 250 g/mol. The van der Waals surface area contributed by atoms with Crippen molar-refractivity contribution in [1.82, 2.24) is 4.90 Å². The zero-order valence-corrected chi connectivity index (χ0v) is 12.9. The van der Waals surface area contributed by atoms with E-state index in [2.05, 4.69) is 26.2 Å². The van der Waals surface area contributed by atoms with Crippen molar-refractivity contribution in [1.29, 1.82) is 0 Å². The molecule has 1 saturated heterocycles. The highest BCUT2D eigenvalue weighted by molar-refractivity contribution is 5.95. The average Bonchev–Trinajstić information content (AvgIpc) is 2.87. The van der Waals surface area contributed by atoms with Gasteiger partial charge in [0.15, 0.2) is 0 Å². The van der Waals surface area contributed by atoms with Crippen LogP contribution in [0.25, 0.3) is 0 Å². The molecule has 0 spiro atoms. The fourth-order valence-corrected chi connectivity index (χ4v) is 2.79. The van der Waals surface area contributed by atoms with Crippen molar-refractivity contribution in [3.8, 4) is 0 Å². The van der Waals surface area contributed by atoms with Crippen molar-refractivity contribution in [2.24, 2.45) is 17.2 Å². The second-order valence-electron chi connectivity index (χ2n) is 6.78. The second kappa shape index (κ2) is 5.44. The SMILES string of the molecule is Cc1cc(C(=O)N2CCC(C(C)(C)C)C2)ccc1NN. The number of nitrogens with two attached hydrogens (primary N) is 1. The molecule has 0 radical (unpaired) electrons. The van der Waals surface area contributed by atoms with Gasteiger partial charge in [0.25, 0.3) is 5.91 Å². The topological polar surface area (TPSA) is 58.4 Å². The highest BCUT2D eigenvalue weighted by Gasteiger charge is 2.34. The summed E-state index contributed by atoms with van der Waals surface area (Å²) in [6.45, 7) is 10.4. The molecule has 2 rings (SSSR count). The van der Waals surface area contributed by atoms with E-state index >= 15 is 0 Å². The van der Waals surface area contributed by atoms with E-state index in [-0.39, 0.29) is 11.3 Å². The second-order valence-corrected chi connectivity index (χ2v) is 6.78. The average molecular weight is 275 g/mol. The third kappa shape index (κ3) is 2.96. The van der Waals surface area contributed by atoms with Crippen LogP contribution in [0.15, 0.2) is 18.2 Å². The standard InChI is InChI=1S/C16H25N3O/c1-11-9-12(5-6-14(11)18-17)15(20)19-8-7-13(10-19)16(2,3)4/h5-6,9,13,18H,7-8,10,17H2,1-4H3. The maximum atomic E-state index is 12.5. The Morgan fingerprint density at radius 1 is 1.40 bits per heavy atom. The van der Waals surface area contributed by atoms with Crippen LogP contribution in [-0.4, -0.2) is 23.9 Å². The fraction of sp³-hybridized carbons (Fsp3) is 0.562. The summed E-state index contributed by atoms with van der Waals surface area (Å²) in [4.78, 5) is 14.5. The Balaban J connectivity index is 2.11. The van der Waals surface area contributed by atoms with Gasteiger partial charge in [-0.15, -0.1) is 0 Å². The number of nitrogens with zero attached hydrogens (tertiary/aromatic N) is 1. The summed E-state index contributed by atoms with van der Waals surface area (Å²) in [5.74, 6) is 6.13. The molecule has 20 heavy (non-hydrogen) atoms. The molecule has 1 heterocycles. The molecule has 4 nitrogen and oxygen atoms in total. The number of hydrogen-bond acceptors (Lipinski definition) is 3. The number of rotatable bonds is 2. The van der Waals surface area contributed by atoms with Crippen molar-refractivity contribution in [2.45, 2.75) is 34.1 Å². The minimum Gasteiger partial charge on any atom is -0.338 e. The van der Waals surface area contributed by atoms with Crippen LogP contribution < -0.4 is 11.3 Å². The number of amides is 1. The van der Waals surface area contributed by atoms with E-state index in [4.69, 9.17) is 5.84 Å². The van der Waals surface area contributed by atoms with Crippen molar-refractivity contribution in [3.63, 3.8) is 0 Å². The highest BCUT2D eigenvalue weighted by atomic mass is 16.2. The Kier molecular flexibility index (Phi) is 4.04. The van der Waals surface area contributed by atoms with Crippen LogP contribution in [0.1, 0.15) is 43.1 Å². The number of nitrogens with one attached hydrogen (secondary N) is 1. The molecule has 1 atom stereocenters. The minimum atomic E-state index is 0.128. The van der Waals surface area contributed by atoms with E-state index < -0.39 is 0 Å². The zero-order valence-electron chi connectivity index (χ0n) is 12.9. The lowest BCUT2D eigenvalue weighted by Crippen LogP contribution is -2.31. The number of hydrazine groups is 1. The van der Waals surface area contributed by atoms with Crippen LogP contribution in [0.4, 0.5) is 5.69 Å². The zero-order chi connectivity index (χ0) is 14.9. The van der Waals surface area contributed by atoms with Gasteiger partial charge in [-0.2, -0.15) is 0 Å². The third-order valence-corrected chi connectivity index (χ3v) is 4.33. The number of nitrogen functional groups attached to an aromatic ring is 1. The van der Waals surface area contributed by atoms with E-state index in [1.165, 1.54) is 0 Å². The Hall–Kier alpha value is -1.55. The summed E-state index contributed by atoms with van der Waals surface area (Å²) in [7, 11) is 0. The summed E-state index contributed by atoms with van der Waals surface area (Å²) in [5, 5.41) is 0. The molecular formula is C16H25N3O. The first-order valence-corrected chi connectivity index (χ1v) is 7.19. The Morgan fingerprint density at radius 2 is 2.10 bits per heavy atom. The van der Waals surface area contributed by atoms with E-state index in [1.807, 2.05) is 30.0 Å². The van der Waals surface area contributed by atoms with Gasteiger partial charge in [-0.05, 0) is 48.4 Å². The molecule has 1 aromatic rings. The van der Waals surface area contributed by atoms with E-state index in [0.29, 0.717) is 5.92 Å². The van der Waals surface area contributed by atoms with Crippen LogP contribution in [-0.2, 0) is 0 Å². The predicted octanol–water partition coefficient (Wildman–Crippen LogP) is 2.79. The van der Waals surface area contributed by atoms with Gasteiger partial charge < -0.3 is 10.3 Å². The Labute approximate surface area is 121 Å². The third-order valence-electron chi connectivity index (χ3n) is 4.33. The van der Waals surface area contributed by atoms with Gasteiger partial charge in [-0.25, -0.2) is 0 Å². The molecule has 110 valence electrons. The van der Waals surface area contributed by atoms with Gasteiger partial charge in [-0.3, -0.25) is 10.6 Å². The van der Waals surface area contributed by atoms with E-state index in [0.717, 1.165) is 36.3 Å². The van der Waals surface area contributed by atoms with Crippen LogP contribution in [0.5, 0.6) is 0 Å². The lowest BCUT2D eigenvalue weighted by atomic mass is 9.80. The molecule has 1 aromatic carbocycles. The quantitative estimate of drug-likeness (QED) is 0.644. The molecule has 1 aliphatic heterocycles. The molecule has 0 aliphatic carbocycles. The molecule has 1 unspecified atom stereocenters. The largest absolute Gasteiger partial charge is 0.338 e. The van der Waals surface area contributed by atoms with Crippen molar-refractivity contribution in [3.05, 3.63) is 29.3 Å². The number of anilines is 1. The number of carbonyl (C=O) groups is 1. The number of benzene rings is 1. The van der Waals surface area contributed by atoms with E-state index in [9.17, 15) is 4.79 Å². The molecule has 1 aliphatic rings. The molecule has 1 fully saturated rings. The van der Waals surface area contributed by atoms with Crippen LogP contribution in [0.2, 0.25) is 0 Å². The monoisotopic (exact) mass is 275 g/mol. The van der Waals surface area contributed by atoms with Gasteiger partial charge in [0, 0.05) is 18.7 Å². The van der Waals surface area contributed by atoms with Gasteiger partial charge >= 0.3 is 0 Å². The minimum absolute atomic E-state index is 0.128. The molecule has 4 heteroatoms. The number of aryl methyl sites for hydroxylation is 1. The first kappa shape index (κ1) is 14.9. The van der Waals surface area contributed by atoms with Crippen molar-refractivity contribution < 1.29 is 4.79 Å². The Bertz CT molecular complexity index is 505. The molecule has 1 amide bonds. The summed E-state index contributed by atoms with van der Waals surface area (Å²) < 4.78 is 0. The first-order valence-electron chi connectivity index (χ1n) is 7.19. The highest BCUT2D eigenvalue weighted by Crippen LogP contribution is 2.34. The van der Waals surface area contributed by atoms with Crippen molar-refractivity contribution in [2.75, 3.05) is 18.5 Å². The molecule has 0 aromatic heterocycles. The maximum absolute atomic E-state index is 12.5. The summed E-state index contributed by atoms with van der Waals surface area (Å²) >= 11 is 0. The van der Waals surface area contributed by atoms with Gasteiger partial charge in [0.2, 0.25) is 0 Å². The van der Waals surface area contributed by atoms with Crippen molar-refractivity contribution >= 4 is 11.6 Å². The number of carbonyl (C=O) groups excluding carboxylic acids is 1. The number of likely N-dealkylation sites (tertiary alicyclic amines) is 1. The summed E-state index contributed by atoms with van der Waals surface area (Å²) in [5.41, 5.74) is 5.49. The summed E-state index contributed by atoms with van der Waals surface area (Å²) in [6.07, 6.45) is 1.09. The van der Waals surface area contributed by atoms with Gasteiger partial charge in [0.1, 0.15) is 0 Å². The molecule has 0 bridgehead atoms. The predicted molar refractivity (Wildman–Crippen MR) is 82.5 cm³/mol. The van der Waals surface area contributed by atoms with Crippen LogP contribution in [0.3, 0.4) is 0 Å². The normalized spacial score (nSPS) is 19.2. The fourth-order valence-electron chi connectivity index (χ4n) is 2.79. The smallest absolute Gasteiger partial charge is 0.253 e. The Morgan fingerprint density at radius 3 is 2.60 bits per heavy atom. The molecule has 0 saturated carbocycles. The van der Waals surface area contributed by atoms with Gasteiger partial charge in [0.05, 0.1) is 5.69 Å². The van der Waals surface area contributed by atoms with E-state index in [1.54, 1.807) is 0 Å². The number of hydrogen-bond donors (Lipinski definition) is 2. The first-order chi connectivity index (χ1) is 9.32. The van der Waals surface area contributed by atoms with Crippen LogP contribution in [0, 0.1) is 18.3 Å². The lowest BCUT2D eigenvalue weighted by Gasteiger charge is -2.27. The van der Waals surface area contributed by atoms with Crippen LogP contribution >= 0.6 is 0 Å².